The van der Waals surface area contributed by atoms with E-state index in [0.29, 0.717) is 25.5 Å². The van der Waals surface area contributed by atoms with Gasteiger partial charge in [0, 0.05) is 25.5 Å². The highest BCUT2D eigenvalue weighted by Gasteiger charge is 2.32. The number of hydrogen-bond acceptors (Lipinski definition) is 3. The smallest absolute Gasteiger partial charge is 0.220 e. The number of benzene rings is 1. The molecule has 0 saturated carbocycles. The number of aryl methyl sites for hydroxylation is 1. The van der Waals surface area contributed by atoms with Crippen molar-refractivity contribution in [1.29, 1.82) is 0 Å². The van der Waals surface area contributed by atoms with Gasteiger partial charge in [0.25, 0.3) is 0 Å². The lowest BCUT2D eigenvalue weighted by molar-refractivity contribution is -0.122. The molecule has 0 unspecified atom stereocenters. The molecular weight excluding hydrogens is 336 g/mol. The second kappa shape index (κ2) is 10.8. The summed E-state index contributed by atoms with van der Waals surface area (Å²) < 4.78 is 5.40. The van der Waals surface area contributed by atoms with Crippen LogP contribution in [0.5, 0.6) is 0 Å². The molecule has 1 heterocycles. The molecule has 2 N–H and O–H groups in total. The van der Waals surface area contributed by atoms with Crippen LogP contribution in [-0.4, -0.2) is 39.3 Å². The van der Waals surface area contributed by atoms with Crippen molar-refractivity contribution >= 4 is 18.3 Å². The summed E-state index contributed by atoms with van der Waals surface area (Å²) >= 11 is 0. The maximum Gasteiger partial charge on any atom is 0.220 e. The summed E-state index contributed by atoms with van der Waals surface area (Å²) in [5.74, 6) is 0.682. The van der Waals surface area contributed by atoms with Crippen LogP contribution in [-0.2, 0) is 16.0 Å². The number of amides is 1. The molecule has 1 aliphatic rings. The molecule has 0 spiro atoms. The molecule has 0 aliphatic carbocycles. The number of piperidine rings is 1. The first-order valence-electron chi connectivity index (χ1n) is 9.10. The Morgan fingerprint density at radius 1 is 1.24 bits per heavy atom. The Balaban J connectivity index is 0.00000312. The summed E-state index contributed by atoms with van der Waals surface area (Å²) in [6.45, 7) is 7.82. The van der Waals surface area contributed by atoms with Gasteiger partial charge < -0.3 is 15.4 Å². The van der Waals surface area contributed by atoms with Crippen molar-refractivity contribution in [3.63, 3.8) is 0 Å². The first-order valence-corrected chi connectivity index (χ1v) is 9.10. The number of hydrogen-bond donors (Lipinski definition) is 2. The molecule has 142 valence electrons. The number of methoxy groups -OCH3 is 1. The number of rotatable bonds is 8. The van der Waals surface area contributed by atoms with Crippen molar-refractivity contribution in [3.05, 3.63) is 35.4 Å². The van der Waals surface area contributed by atoms with E-state index in [9.17, 15) is 4.79 Å². The summed E-state index contributed by atoms with van der Waals surface area (Å²) in [5.41, 5.74) is 2.66. The Labute approximate surface area is 158 Å². The van der Waals surface area contributed by atoms with Gasteiger partial charge in [-0.25, -0.2) is 0 Å². The molecule has 5 heteroatoms. The molecule has 4 nitrogen and oxygen atoms in total. The molecule has 0 radical (unpaired) electrons. The maximum atomic E-state index is 12.2. The molecule has 2 rings (SSSR count). The van der Waals surface area contributed by atoms with Crippen molar-refractivity contribution in [2.75, 3.05) is 33.4 Å². The van der Waals surface area contributed by atoms with Gasteiger partial charge in [-0.2, -0.15) is 0 Å². The molecule has 1 fully saturated rings. The fourth-order valence-electron chi connectivity index (χ4n) is 3.34. The van der Waals surface area contributed by atoms with Crippen LogP contribution in [0.4, 0.5) is 0 Å². The molecule has 1 aromatic carbocycles. The Morgan fingerprint density at radius 3 is 2.44 bits per heavy atom. The fraction of sp³-hybridized carbons (Fsp3) is 0.650. The van der Waals surface area contributed by atoms with Gasteiger partial charge >= 0.3 is 0 Å². The molecule has 0 atom stereocenters. The summed E-state index contributed by atoms with van der Waals surface area (Å²) in [5, 5.41) is 6.51. The Kier molecular flexibility index (Phi) is 9.47. The third-order valence-electron chi connectivity index (χ3n) is 5.06. The van der Waals surface area contributed by atoms with Crippen molar-refractivity contribution in [2.24, 2.45) is 5.41 Å². The van der Waals surface area contributed by atoms with Crippen molar-refractivity contribution in [1.82, 2.24) is 10.6 Å². The lowest BCUT2D eigenvalue weighted by atomic mass is 9.79. The topological polar surface area (TPSA) is 50.4 Å². The molecule has 1 saturated heterocycles. The predicted molar refractivity (Wildman–Crippen MR) is 106 cm³/mol. The lowest BCUT2D eigenvalue weighted by Gasteiger charge is -2.37. The van der Waals surface area contributed by atoms with Gasteiger partial charge in [0.05, 0.1) is 6.61 Å². The van der Waals surface area contributed by atoms with Crippen LogP contribution in [0.25, 0.3) is 0 Å². The normalized spacial score (nSPS) is 16.3. The second-order valence-corrected chi connectivity index (χ2v) is 7.36. The molecule has 0 bridgehead atoms. The number of nitrogens with one attached hydrogen (secondary N) is 2. The van der Waals surface area contributed by atoms with Gasteiger partial charge in [-0.05, 0) is 49.4 Å². The Bertz CT molecular complexity index is 505. The standard InChI is InChI=1S/C20H32N2O2.ClH/c1-16(2)18-7-4-17(5-8-18)6-9-19(23)22-14-20(15-24-3)10-12-21-13-11-20;/h4-5,7-8,16,21H,6,9-15H2,1-3H3,(H,22,23);1H. The van der Waals surface area contributed by atoms with E-state index in [1.54, 1.807) is 7.11 Å². The van der Waals surface area contributed by atoms with E-state index in [-0.39, 0.29) is 23.7 Å². The number of carbonyl (C=O) groups is 1. The van der Waals surface area contributed by atoms with Crippen LogP contribution in [0, 0.1) is 5.41 Å². The summed E-state index contributed by atoms with van der Waals surface area (Å²) in [4.78, 5) is 12.2. The number of carbonyl (C=O) groups excluding carboxylic acids is 1. The predicted octanol–water partition coefficient (Wildman–Crippen LogP) is 3.30. The summed E-state index contributed by atoms with van der Waals surface area (Å²) in [6.07, 6.45) is 3.45. The average molecular weight is 369 g/mol. The second-order valence-electron chi connectivity index (χ2n) is 7.36. The van der Waals surface area contributed by atoms with E-state index < -0.39 is 0 Å². The first kappa shape index (κ1) is 21.9. The van der Waals surface area contributed by atoms with Crippen molar-refractivity contribution in [3.8, 4) is 0 Å². The quantitative estimate of drug-likeness (QED) is 0.740. The van der Waals surface area contributed by atoms with Gasteiger partial charge in [0.15, 0.2) is 0 Å². The minimum atomic E-state index is 0. The van der Waals surface area contributed by atoms with Gasteiger partial charge in [0.1, 0.15) is 0 Å². The number of halogens is 1. The van der Waals surface area contributed by atoms with Crippen molar-refractivity contribution < 1.29 is 9.53 Å². The van der Waals surface area contributed by atoms with Crippen LogP contribution < -0.4 is 10.6 Å². The minimum absolute atomic E-state index is 0. The minimum Gasteiger partial charge on any atom is -0.384 e. The Hall–Kier alpha value is -1.10. The molecule has 1 aliphatic heterocycles. The largest absolute Gasteiger partial charge is 0.384 e. The van der Waals surface area contributed by atoms with Crippen LogP contribution in [0.3, 0.4) is 0 Å². The monoisotopic (exact) mass is 368 g/mol. The summed E-state index contributed by atoms with van der Waals surface area (Å²) in [7, 11) is 1.74. The maximum absolute atomic E-state index is 12.2. The average Bonchev–Trinajstić information content (AvgIpc) is 2.60. The zero-order chi connectivity index (χ0) is 17.4. The van der Waals surface area contributed by atoms with E-state index in [2.05, 4.69) is 48.7 Å². The van der Waals surface area contributed by atoms with Crippen LogP contribution in [0.2, 0.25) is 0 Å². The highest BCUT2D eigenvalue weighted by atomic mass is 35.5. The van der Waals surface area contributed by atoms with E-state index in [0.717, 1.165) is 32.4 Å². The van der Waals surface area contributed by atoms with Gasteiger partial charge in [0.2, 0.25) is 5.91 Å². The van der Waals surface area contributed by atoms with E-state index in [1.807, 2.05) is 0 Å². The van der Waals surface area contributed by atoms with E-state index in [1.165, 1.54) is 11.1 Å². The molecule has 0 aromatic heterocycles. The number of ether oxygens (including phenoxy) is 1. The first-order chi connectivity index (χ1) is 11.5. The Morgan fingerprint density at radius 2 is 1.88 bits per heavy atom. The van der Waals surface area contributed by atoms with E-state index in [4.69, 9.17) is 4.74 Å². The van der Waals surface area contributed by atoms with Crippen LogP contribution in [0.15, 0.2) is 24.3 Å². The fourth-order valence-corrected chi connectivity index (χ4v) is 3.34. The molecule has 25 heavy (non-hydrogen) atoms. The zero-order valence-electron chi connectivity index (χ0n) is 15.8. The lowest BCUT2D eigenvalue weighted by Crippen LogP contribution is -2.47. The molecule has 1 aromatic rings. The third-order valence-corrected chi connectivity index (χ3v) is 5.06. The highest BCUT2D eigenvalue weighted by Crippen LogP contribution is 2.28. The van der Waals surface area contributed by atoms with Crippen molar-refractivity contribution in [2.45, 2.75) is 45.4 Å². The van der Waals surface area contributed by atoms with Gasteiger partial charge in [-0.15, -0.1) is 12.4 Å². The SMILES string of the molecule is COCC1(CNC(=O)CCc2ccc(C(C)C)cc2)CCNCC1.Cl. The van der Waals surface area contributed by atoms with Crippen LogP contribution >= 0.6 is 12.4 Å². The molecule has 1 amide bonds. The van der Waals surface area contributed by atoms with Gasteiger partial charge in [-0.1, -0.05) is 38.1 Å². The highest BCUT2D eigenvalue weighted by molar-refractivity contribution is 5.85. The zero-order valence-corrected chi connectivity index (χ0v) is 16.6. The summed E-state index contributed by atoms with van der Waals surface area (Å²) in [6, 6.07) is 8.62. The molecular formula is C20H33ClN2O2. The van der Waals surface area contributed by atoms with E-state index >= 15 is 0 Å². The third kappa shape index (κ3) is 6.96. The van der Waals surface area contributed by atoms with Gasteiger partial charge in [-0.3, -0.25) is 4.79 Å². The van der Waals surface area contributed by atoms with Crippen LogP contribution in [0.1, 0.15) is 50.2 Å².